The van der Waals surface area contributed by atoms with Gasteiger partial charge in [0.15, 0.2) is 10.7 Å². The number of fused-ring (bicyclic) bond motifs is 1. The van der Waals surface area contributed by atoms with E-state index >= 15 is 0 Å². The van der Waals surface area contributed by atoms with Crippen molar-refractivity contribution in [3.63, 3.8) is 0 Å². The van der Waals surface area contributed by atoms with Crippen LogP contribution in [0.15, 0.2) is 60.0 Å². The molecule has 12 nitrogen and oxygen atoms in total. The van der Waals surface area contributed by atoms with Gasteiger partial charge in [0.25, 0.3) is 0 Å². The summed E-state index contributed by atoms with van der Waals surface area (Å²) in [5.41, 5.74) is -2.88. The SMILES string of the molecule is COc1ccc(CC2[C@@H](Sc3ncn[nH]3)[C@@H]3[C@@H](C(=O)O)[C@@]3(Cc3ccc(OC)cc3)[C@]2(NC(=O)OC(C)(C)C)C(=O)O)cc1. The van der Waals surface area contributed by atoms with Crippen LogP contribution in [0, 0.1) is 23.2 Å². The molecule has 13 heteroatoms. The zero-order chi connectivity index (χ0) is 31.9. The third kappa shape index (κ3) is 5.44. The number of rotatable bonds is 11. The van der Waals surface area contributed by atoms with Crippen LogP contribution in [-0.2, 0) is 27.2 Å². The summed E-state index contributed by atoms with van der Waals surface area (Å²) < 4.78 is 16.2. The molecule has 2 aliphatic rings. The van der Waals surface area contributed by atoms with Gasteiger partial charge in [-0.3, -0.25) is 9.89 Å². The van der Waals surface area contributed by atoms with E-state index in [0.29, 0.717) is 22.2 Å². The van der Waals surface area contributed by atoms with Crippen LogP contribution in [0.2, 0.25) is 0 Å². The van der Waals surface area contributed by atoms with Crippen LogP contribution in [0.5, 0.6) is 11.5 Å². The van der Waals surface area contributed by atoms with Gasteiger partial charge in [-0.05, 0) is 74.9 Å². The minimum Gasteiger partial charge on any atom is -0.497 e. The smallest absolute Gasteiger partial charge is 0.408 e. The molecule has 44 heavy (non-hydrogen) atoms. The molecule has 1 unspecified atom stereocenters. The van der Waals surface area contributed by atoms with Crippen molar-refractivity contribution in [3.8, 4) is 11.5 Å². The van der Waals surface area contributed by atoms with Crippen molar-refractivity contribution >= 4 is 29.8 Å². The molecule has 2 saturated carbocycles. The molecule has 2 aromatic carbocycles. The normalized spacial score (nSPS) is 27.2. The van der Waals surface area contributed by atoms with Gasteiger partial charge >= 0.3 is 18.0 Å². The van der Waals surface area contributed by atoms with Crippen molar-refractivity contribution in [1.82, 2.24) is 20.5 Å². The van der Waals surface area contributed by atoms with E-state index in [0.717, 1.165) is 5.56 Å². The first-order chi connectivity index (χ1) is 20.9. The molecule has 0 spiro atoms. The maximum atomic E-state index is 13.8. The number of H-pyrrole nitrogens is 1. The summed E-state index contributed by atoms with van der Waals surface area (Å²) in [6.07, 6.45) is 0.692. The highest BCUT2D eigenvalue weighted by molar-refractivity contribution is 7.99. The molecule has 1 amide bonds. The van der Waals surface area contributed by atoms with E-state index in [1.54, 1.807) is 64.3 Å². The Morgan fingerprint density at radius 1 is 0.977 bits per heavy atom. The van der Waals surface area contributed by atoms with Crippen LogP contribution in [-0.4, -0.2) is 74.0 Å². The van der Waals surface area contributed by atoms with Crippen molar-refractivity contribution in [2.45, 2.75) is 55.2 Å². The quantitative estimate of drug-likeness (QED) is 0.242. The standard InChI is InChI=1S/C31H36N4O8S/c1-29(2,3)43-28(40)34-31(26(38)39)21(14-17-6-10-19(41-4)11-7-17)24(44-27-32-16-33-35-27)22-23(25(36)37)30(22,31)15-18-8-12-20(42-5)13-9-18/h6-13,16,21-24H,14-15H2,1-5H3,(H,34,40)(H,36,37)(H,38,39)(H,32,33,35)/t21?,22-,23-,24+,30-,31+/m0/s1. The average molecular weight is 625 g/mol. The number of methoxy groups -OCH3 is 2. The second kappa shape index (κ2) is 11.7. The van der Waals surface area contributed by atoms with Crippen LogP contribution >= 0.6 is 11.8 Å². The molecule has 6 atom stereocenters. The molecule has 5 rings (SSSR count). The van der Waals surface area contributed by atoms with Gasteiger partial charge in [-0.1, -0.05) is 36.0 Å². The number of aromatic nitrogens is 3. The monoisotopic (exact) mass is 624 g/mol. The number of aliphatic carboxylic acids is 2. The number of hydrogen-bond donors (Lipinski definition) is 4. The van der Waals surface area contributed by atoms with Gasteiger partial charge in [-0.2, -0.15) is 5.10 Å². The van der Waals surface area contributed by atoms with Crippen molar-refractivity contribution < 1.29 is 38.8 Å². The summed E-state index contributed by atoms with van der Waals surface area (Å²) in [6, 6.07) is 14.3. The van der Waals surface area contributed by atoms with E-state index in [2.05, 4.69) is 20.5 Å². The highest BCUT2D eigenvalue weighted by atomic mass is 32.2. The van der Waals surface area contributed by atoms with Crippen LogP contribution in [0.4, 0.5) is 4.79 Å². The lowest BCUT2D eigenvalue weighted by Crippen LogP contribution is -2.66. The van der Waals surface area contributed by atoms with Gasteiger partial charge in [0.1, 0.15) is 23.4 Å². The minimum absolute atomic E-state index is 0.0767. The molecule has 2 fully saturated rings. The first-order valence-corrected chi connectivity index (χ1v) is 15.0. The summed E-state index contributed by atoms with van der Waals surface area (Å²) in [4.78, 5) is 44.6. The van der Waals surface area contributed by atoms with E-state index in [1.165, 1.54) is 25.2 Å². The number of amides is 1. The number of hydrogen-bond acceptors (Lipinski definition) is 9. The summed E-state index contributed by atoms with van der Waals surface area (Å²) in [5, 5.41) is 31.2. The summed E-state index contributed by atoms with van der Waals surface area (Å²) in [7, 11) is 3.09. The first-order valence-electron chi connectivity index (χ1n) is 14.1. The molecule has 0 aliphatic heterocycles. The van der Waals surface area contributed by atoms with Gasteiger partial charge in [0.2, 0.25) is 0 Å². The molecule has 1 heterocycles. The van der Waals surface area contributed by atoms with Crippen LogP contribution in [0.3, 0.4) is 0 Å². The van der Waals surface area contributed by atoms with E-state index in [-0.39, 0.29) is 12.8 Å². The summed E-state index contributed by atoms with van der Waals surface area (Å²) in [5.74, 6) is -3.73. The third-order valence-electron chi connectivity index (χ3n) is 8.65. The molecule has 0 saturated heterocycles. The highest BCUT2D eigenvalue weighted by Gasteiger charge is 2.88. The van der Waals surface area contributed by atoms with Gasteiger partial charge in [-0.15, -0.1) is 0 Å². The van der Waals surface area contributed by atoms with Crippen LogP contribution in [0.1, 0.15) is 31.9 Å². The van der Waals surface area contributed by atoms with Gasteiger partial charge in [-0.25, -0.2) is 14.6 Å². The number of ether oxygens (including phenoxy) is 3. The van der Waals surface area contributed by atoms with Gasteiger partial charge < -0.3 is 29.7 Å². The molecule has 3 aromatic rings. The average Bonchev–Trinajstić information content (AvgIpc) is 3.24. The minimum atomic E-state index is -2.04. The number of carboxylic acid groups (broad SMARTS) is 2. The van der Waals surface area contributed by atoms with Crippen LogP contribution in [0.25, 0.3) is 0 Å². The Morgan fingerprint density at radius 2 is 1.57 bits per heavy atom. The Balaban J connectivity index is 1.70. The number of benzene rings is 2. The van der Waals surface area contributed by atoms with E-state index < -0.39 is 57.6 Å². The topological polar surface area (TPSA) is 173 Å². The number of thioether (sulfide) groups is 1. The molecular formula is C31H36N4O8S. The number of carbonyl (C=O) groups is 3. The van der Waals surface area contributed by atoms with Gasteiger partial charge in [0, 0.05) is 16.6 Å². The second-order valence-electron chi connectivity index (χ2n) is 12.2. The Morgan fingerprint density at radius 3 is 2.05 bits per heavy atom. The fourth-order valence-corrected chi connectivity index (χ4v) is 8.51. The molecule has 2 aliphatic carbocycles. The number of carboxylic acids is 2. The molecule has 0 bridgehead atoms. The number of carbonyl (C=O) groups excluding carboxylic acids is 1. The highest BCUT2D eigenvalue weighted by Crippen LogP contribution is 2.78. The Bertz CT molecular complexity index is 1510. The van der Waals surface area contributed by atoms with Gasteiger partial charge in [0.05, 0.1) is 20.1 Å². The Labute approximate surface area is 258 Å². The molecule has 4 N–H and O–H groups in total. The van der Waals surface area contributed by atoms with Crippen molar-refractivity contribution in [1.29, 1.82) is 0 Å². The second-order valence-corrected chi connectivity index (χ2v) is 13.3. The van der Waals surface area contributed by atoms with E-state index in [1.807, 2.05) is 12.1 Å². The largest absolute Gasteiger partial charge is 0.497 e. The zero-order valence-corrected chi connectivity index (χ0v) is 25.9. The fraction of sp³-hybridized carbons (Fsp3) is 0.452. The lowest BCUT2D eigenvalue weighted by atomic mass is 9.68. The van der Waals surface area contributed by atoms with E-state index in [9.17, 15) is 24.6 Å². The number of aromatic amines is 1. The lowest BCUT2D eigenvalue weighted by Gasteiger charge is -2.43. The molecule has 234 valence electrons. The molecule has 1 aromatic heterocycles. The van der Waals surface area contributed by atoms with Crippen molar-refractivity contribution in [2.24, 2.45) is 23.2 Å². The third-order valence-corrected chi connectivity index (χ3v) is 9.97. The fourth-order valence-electron chi connectivity index (χ4n) is 7.03. The van der Waals surface area contributed by atoms with E-state index in [4.69, 9.17) is 14.2 Å². The van der Waals surface area contributed by atoms with Crippen LogP contribution < -0.4 is 14.8 Å². The number of nitrogens with one attached hydrogen (secondary N) is 2. The van der Waals surface area contributed by atoms with Crippen molar-refractivity contribution in [3.05, 3.63) is 66.0 Å². The van der Waals surface area contributed by atoms with Crippen molar-refractivity contribution in [2.75, 3.05) is 14.2 Å². The molecule has 0 radical (unpaired) electrons. The number of alkyl carbamates (subject to hydrolysis) is 1. The maximum Gasteiger partial charge on any atom is 0.408 e. The number of nitrogens with zero attached hydrogens (tertiary/aromatic N) is 2. The molecular weight excluding hydrogens is 588 g/mol. The first kappa shape index (κ1) is 31.2. The zero-order valence-electron chi connectivity index (χ0n) is 25.1. The predicted octanol–water partition coefficient (Wildman–Crippen LogP) is 4.06. The maximum absolute atomic E-state index is 13.8. The Hall–Kier alpha value is -4.26. The predicted molar refractivity (Wildman–Crippen MR) is 160 cm³/mol. The Kier molecular flexibility index (Phi) is 8.27. The lowest BCUT2D eigenvalue weighted by molar-refractivity contribution is -0.152. The summed E-state index contributed by atoms with van der Waals surface area (Å²) in [6.45, 7) is 5.04. The summed E-state index contributed by atoms with van der Waals surface area (Å²) >= 11 is 1.25.